The number of rotatable bonds is 58. The van der Waals surface area contributed by atoms with Crippen molar-refractivity contribution in [3.05, 3.63) is 48.6 Å². The van der Waals surface area contributed by atoms with E-state index < -0.39 is 74.2 Å². The molecule has 1 aliphatic rings. The number of aliphatic hydroxyl groups is 7. The second-order valence-corrected chi connectivity index (χ2v) is 23.5. The van der Waals surface area contributed by atoms with Crippen LogP contribution in [0.1, 0.15) is 309 Å². The average molecular weight is 1120 g/mol. The number of allylic oxidation sites excluding steroid dienone is 8. The van der Waals surface area contributed by atoms with E-state index in [-0.39, 0.29) is 12.8 Å². The van der Waals surface area contributed by atoms with Gasteiger partial charge in [-0.15, -0.1) is 0 Å². The number of carbonyl (C=O) groups is 1. The van der Waals surface area contributed by atoms with Crippen molar-refractivity contribution in [3.63, 3.8) is 0 Å². The van der Waals surface area contributed by atoms with Gasteiger partial charge in [0.1, 0.15) is 36.6 Å². The summed E-state index contributed by atoms with van der Waals surface area (Å²) in [7, 11) is 0. The summed E-state index contributed by atoms with van der Waals surface area (Å²) in [6.07, 6.45) is 61.9. The highest BCUT2D eigenvalue weighted by atomic mass is 16.7. The topological polar surface area (TPSA) is 189 Å². The van der Waals surface area contributed by atoms with E-state index in [2.05, 4.69) is 67.8 Å². The molecule has 1 heterocycles. The van der Waals surface area contributed by atoms with Crippen LogP contribution in [0.4, 0.5) is 0 Å². The molecule has 1 fully saturated rings. The molecule has 0 aromatic carbocycles. The molecule has 1 rings (SSSR count). The van der Waals surface area contributed by atoms with Crippen LogP contribution < -0.4 is 5.32 Å². The molecular formula is C68H127NO10. The van der Waals surface area contributed by atoms with E-state index in [0.717, 1.165) is 44.9 Å². The van der Waals surface area contributed by atoms with Gasteiger partial charge in [-0.05, 0) is 89.9 Å². The van der Waals surface area contributed by atoms with Crippen LogP contribution in [0, 0.1) is 0 Å². The van der Waals surface area contributed by atoms with Gasteiger partial charge in [-0.1, -0.05) is 268 Å². The summed E-state index contributed by atoms with van der Waals surface area (Å²) in [4.78, 5) is 13.2. The van der Waals surface area contributed by atoms with Crippen LogP contribution in [-0.4, -0.2) is 110 Å². The molecule has 79 heavy (non-hydrogen) atoms. The fraction of sp³-hybridized carbons (Fsp3) is 0.868. The molecule has 8 N–H and O–H groups in total. The molecule has 0 aromatic rings. The Balaban J connectivity index is 2.22. The van der Waals surface area contributed by atoms with Crippen molar-refractivity contribution in [1.29, 1.82) is 0 Å². The molecule has 0 aliphatic carbocycles. The van der Waals surface area contributed by atoms with Crippen molar-refractivity contribution in [2.24, 2.45) is 0 Å². The Morgan fingerprint density at radius 3 is 1.13 bits per heavy atom. The van der Waals surface area contributed by atoms with Gasteiger partial charge in [-0.25, -0.2) is 0 Å². The Kier molecular flexibility index (Phi) is 53.7. The first-order valence-electron chi connectivity index (χ1n) is 33.5. The lowest BCUT2D eigenvalue weighted by molar-refractivity contribution is -0.303. The number of nitrogens with one attached hydrogen (secondary N) is 1. The minimum atomic E-state index is -1.67. The van der Waals surface area contributed by atoms with E-state index in [0.29, 0.717) is 19.3 Å². The lowest BCUT2D eigenvalue weighted by Crippen LogP contribution is -2.60. The molecule has 0 spiro atoms. The molecule has 0 aromatic heterocycles. The first-order chi connectivity index (χ1) is 38.7. The molecule has 1 aliphatic heterocycles. The molecule has 0 radical (unpaired) electrons. The van der Waals surface area contributed by atoms with Gasteiger partial charge in [-0.2, -0.15) is 0 Å². The van der Waals surface area contributed by atoms with E-state index in [4.69, 9.17) is 9.47 Å². The second kappa shape index (κ2) is 56.5. The van der Waals surface area contributed by atoms with Crippen LogP contribution in [0.3, 0.4) is 0 Å². The number of ether oxygens (including phenoxy) is 2. The van der Waals surface area contributed by atoms with Crippen LogP contribution in [0.5, 0.6) is 0 Å². The minimum absolute atomic E-state index is 0.241. The average Bonchev–Trinajstić information content (AvgIpc) is 3.46. The monoisotopic (exact) mass is 1120 g/mol. The van der Waals surface area contributed by atoms with Gasteiger partial charge < -0.3 is 50.5 Å². The van der Waals surface area contributed by atoms with Crippen LogP contribution in [0.2, 0.25) is 0 Å². The summed E-state index contributed by atoms with van der Waals surface area (Å²) < 4.78 is 11.2. The molecule has 0 bridgehead atoms. The summed E-state index contributed by atoms with van der Waals surface area (Å²) in [5.41, 5.74) is 0. The zero-order valence-electron chi connectivity index (χ0n) is 51.1. The van der Waals surface area contributed by atoms with Gasteiger partial charge in [-0.3, -0.25) is 4.79 Å². The Bertz CT molecular complexity index is 1420. The van der Waals surface area contributed by atoms with E-state index >= 15 is 0 Å². The second-order valence-electron chi connectivity index (χ2n) is 23.5. The zero-order chi connectivity index (χ0) is 57.5. The standard InChI is InChI=1S/C68H127NO10/c1-3-5-7-9-11-13-15-17-19-21-23-25-26-27-28-29-30-31-32-33-34-35-36-38-40-42-44-46-48-50-52-54-56-61(72)67(77)69-59(58-78-68-66(76)65(75)64(74)62(57-70)79-68)63(73)60(71)55-53-51-49-47-45-43-41-39-37-24-22-20-18-16-14-12-10-8-6-4-2/h20,22,27-28,39,41,47,49,59-66,68,70-76H,3-19,21,23-26,29-38,40,42-46,48,50-58H2,1-2H3,(H,69,77)/b22-20+,28-27-,41-39+,49-47+. The lowest BCUT2D eigenvalue weighted by Gasteiger charge is -2.40. The molecule has 1 amide bonds. The molecule has 9 atom stereocenters. The number of hydrogen-bond donors (Lipinski definition) is 8. The van der Waals surface area contributed by atoms with Gasteiger partial charge in [0.15, 0.2) is 6.29 Å². The third kappa shape index (κ3) is 44.3. The van der Waals surface area contributed by atoms with Gasteiger partial charge >= 0.3 is 0 Å². The fourth-order valence-corrected chi connectivity index (χ4v) is 10.6. The Morgan fingerprint density at radius 2 is 0.759 bits per heavy atom. The molecule has 1 saturated heterocycles. The first kappa shape index (κ1) is 75.1. The van der Waals surface area contributed by atoms with Crippen LogP contribution in [-0.2, 0) is 14.3 Å². The predicted octanol–water partition coefficient (Wildman–Crippen LogP) is 15.6. The quantitative estimate of drug-likeness (QED) is 0.0215. The Labute approximate surface area is 485 Å². The highest BCUT2D eigenvalue weighted by molar-refractivity contribution is 5.80. The van der Waals surface area contributed by atoms with Crippen LogP contribution >= 0.6 is 0 Å². The van der Waals surface area contributed by atoms with Gasteiger partial charge in [0.25, 0.3) is 0 Å². The third-order valence-electron chi connectivity index (χ3n) is 16.1. The normalized spacial score (nSPS) is 19.6. The minimum Gasteiger partial charge on any atom is -0.394 e. The zero-order valence-corrected chi connectivity index (χ0v) is 51.1. The van der Waals surface area contributed by atoms with Crippen molar-refractivity contribution in [2.75, 3.05) is 13.2 Å². The predicted molar refractivity (Wildman–Crippen MR) is 330 cm³/mol. The van der Waals surface area contributed by atoms with Crippen LogP contribution in [0.15, 0.2) is 48.6 Å². The van der Waals surface area contributed by atoms with E-state index in [1.165, 1.54) is 218 Å². The van der Waals surface area contributed by atoms with Gasteiger partial charge in [0.2, 0.25) is 5.91 Å². The number of hydrogen-bond acceptors (Lipinski definition) is 10. The molecular weight excluding hydrogens is 991 g/mol. The molecule has 464 valence electrons. The summed E-state index contributed by atoms with van der Waals surface area (Å²) in [5.74, 6) is -0.709. The molecule has 0 saturated carbocycles. The van der Waals surface area contributed by atoms with Crippen molar-refractivity contribution in [1.82, 2.24) is 5.32 Å². The fourth-order valence-electron chi connectivity index (χ4n) is 10.6. The maximum absolute atomic E-state index is 13.2. The highest BCUT2D eigenvalue weighted by Crippen LogP contribution is 2.24. The van der Waals surface area contributed by atoms with Crippen LogP contribution in [0.25, 0.3) is 0 Å². The number of amides is 1. The van der Waals surface area contributed by atoms with Gasteiger partial charge in [0, 0.05) is 0 Å². The maximum Gasteiger partial charge on any atom is 0.249 e. The summed E-state index contributed by atoms with van der Waals surface area (Å²) >= 11 is 0. The lowest BCUT2D eigenvalue weighted by atomic mass is 9.98. The Morgan fingerprint density at radius 1 is 0.430 bits per heavy atom. The van der Waals surface area contributed by atoms with E-state index in [1.807, 2.05) is 0 Å². The smallest absolute Gasteiger partial charge is 0.249 e. The number of carbonyl (C=O) groups excluding carboxylic acids is 1. The van der Waals surface area contributed by atoms with E-state index in [1.54, 1.807) is 0 Å². The largest absolute Gasteiger partial charge is 0.394 e. The van der Waals surface area contributed by atoms with E-state index in [9.17, 15) is 40.5 Å². The maximum atomic E-state index is 13.2. The molecule has 9 unspecified atom stereocenters. The summed E-state index contributed by atoms with van der Waals surface area (Å²) in [6, 6.07) is -1.20. The summed E-state index contributed by atoms with van der Waals surface area (Å²) in [5, 5.41) is 76.3. The first-order valence-corrected chi connectivity index (χ1v) is 33.5. The van der Waals surface area contributed by atoms with Crippen molar-refractivity contribution in [2.45, 2.75) is 364 Å². The Hall–Kier alpha value is -1.93. The highest BCUT2D eigenvalue weighted by Gasteiger charge is 2.44. The third-order valence-corrected chi connectivity index (χ3v) is 16.1. The van der Waals surface area contributed by atoms with Crippen molar-refractivity contribution < 1.29 is 50.0 Å². The SMILES string of the molecule is CCCCCCCCC/C=C/CC/C=C/CC/C=C/CCCC(O)C(O)C(COC1OC(CO)C(O)C(O)C1O)NC(=O)C(O)CCCCCCCCCCCCCCCCCC/C=C\CCCCCCCCCCCCCC. The number of unbranched alkanes of at least 4 members (excludes halogenated alkanes) is 38. The van der Waals surface area contributed by atoms with Gasteiger partial charge in [0.05, 0.1) is 25.4 Å². The van der Waals surface area contributed by atoms with Crippen molar-refractivity contribution >= 4 is 5.91 Å². The summed E-state index contributed by atoms with van der Waals surface area (Å²) in [6.45, 7) is 3.46. The van der Waals surface area contributed by atoms with Crippen molar-refractivity contribution in [3.8, 4) is 0 Å². The number of aliphatic hydroxyl groups excluding tert-OH is 7. The molecule has 11 heteroatoms. The molecule has 11 nitrogen and oxygen atoms in total.